The summed E-state index contributed by atoms with van der Waals surface area (Å²) in [6, 6.07) is 8.31. The molecule has 0 saturated carbocycles. The van der Waals surface area contributed by atoms with E-state index in [1.165, 1.54) is 22.0 Å². The zero-order chi connectivity index (χ0) is 19.1. The van der Waals surface area contributed by atoms with Crippen molar-refractivity contribution in [3.8, 4) is 11.5 Å². The number of aryl methyl sites for hydroxylation is 2. The van der Waals surface area contributed by atoms with Gasteiger partial charge in [0.05, 0.1) is 11.9 Å². The molecule has 0 aromatic carbocycles. The minimum absolute atomic E-state index is 0.0648. The molecule has 8 heteroatoms. The van der Waals surface area contributed by atoms with Crippen LogP contribution >= 0.6 is 11.3 Å². The number of carbonyl (C=O) groups is 1. The molecule has 0 unspecified atom stereocenters. The molecule has 0 aliphatic carbocycles. The van der Waals surface area contributed by atoms with Gasteiger partial charge < -0.3 is 9.52 Å². The fourth-order valence-corrected chi connectivity index (χ4v) is 3.92. The number of aromatic nitrogens is 3. The molecule has 7 nitrogen and oxygen atoms in total. The zero-order valence-electron chi connectivity index (χ0n) is 14.6. The molecule has 136 valence electrons. The van der Waals surface area contributed by atoms with Crippen molar-refractivity contribution in [3.05, 3.63) is 68.8 Å². The Kier molecular flexibility index (Phi) is 4.12. The predicted octanol–water partition coefficient (Wildman–Crippen LogP) is 3.48. The maximum Gasteiger partial charge on any atom is 0.371 e. The second-order valence-electron chi connectivity index (χ2n) is 6.08. The van der Waals surface area contributed by atoms with E-state index in [1.807, 2.05) is 19.9 Å². The Balaban J connectivity index is 1.95. The first kappa shape index (κ1) is 17.2. The summed E-state index contributed by atoms with van der Waals surface area (Å²) in [7, 11) is 0. The van der Waals surface area contributed by atoms with Gasteiger partial charge in [-0.15, -0.1) is 11.3 Å². The molecule has 4 aromatic heterocycles. The standard InChI is InChI=1S/C19H15N3O4S/c1-10-11(2)27-17-15(10)18(23)22(9-12-6-7-14(26-12)19(24)25)16(21-17)13-5-3-4-8-20-13/h3-8H,9H2,1-2H3,(H,24,25). The van der Waals surface area contributed by atoms with Gasteiger partial charge in [0.25, 0.3) is 5.56 Å². The molecule has 0 radical (unpaired) electrons. The SMILES string of the molecule is Cc1sc2nc(-c3ccccn3)n(Cc3ccc(C(=O)O)o3)c(=O)c2c1C. The zero-order valence-corrected chi connectivity index (χ0v) is 15.4. The predicted molar refractivity (Wildman–Crippen MR) is 101 cm³/mol. The Labute approximate surface area is 157 Å². The van der Waals surface area contributed by atoms with Crippen LogP contribution in [-0.2, 0) is 6.54 Å². The molecule has 0 bridgehead atoms. The van der Waals surface area contributed by atoms with Crippen molar-refractivity contribution >= 4 is 27.5 Å². The smallest absolute Gasteiger partial charge is 0.371 e. The quantitative estimate of drug-likeness (QED) is 0.581. The summed E-state index contributed by atoms with van der Waals surface area (Å²) >= 11 is 1.47. The van der Waals surface area contributed by atoms with E-state index in [-0.39, 0.29) is 17.9 Å². The molecule has 27 heavy (non-hydrogen) atoms. The van der Waals surface area contributed by atoms with Gasteiger partial charge in [0.2, 0.25) is 5.76 Å². The maximum absolute atomic E-state index is 13.2. The first-order valence-corrected chi connectivity index (χ1v) is 9.01. The third-order valence-corrected chi connectivity index (χ3v) is 5.47. The Morgan fingerprint density at radius 2 is 2.07 bits per heavy atom. The van der Waals surface area contributed by atoms with E-state index in [0.717, 1.165) is 10.4 Å². The van der Waals surface area contributed by atoms with E-state index in [9.17, 15) is 9.59 Å². The van der Waals surface area contributed by atoms with Crippen LogP contribution in [0.25, 0.3) is 21.7 Å². The summed E-state index contributed by atoms with van der Waals surface area (Å²) < 4.78 is 6.82. The highest BCUT2D eigenvalue weighted by molar-refractivity contribution is 7.18. The fourth-order valence-electron chi connectivity index (χ4n) is 2.90. The maximum atomic E-state index is 13.2. The average molecular weight is 381 g/mol. The Hall–Kier alpha value is -3.26. The van der Waals surface area contributed by atoms with Crippen molar-refractivity contribution < 1.29 is 14.3 Å². The Morgan fingerprint density at radius 1 is 1.26 bits per heavy atom. The second-order valence-corrected chi connectivity index (χ2v) is 7.28. The van der Waals surface area contributed by atoms with Crippen LogP contribution in [-0.4, -0.2) is 25.6 Å². The first-order chi connectivity index (χ1) is 13.0. The molecule has 0 atom stereocenters. The lowest BCUT2D eigenvalue weighted by Crippen LogP contribution is -2.24. The van der Waals surface area contributed by atoms with Crippen LogP contribution in [0.2, 0.25) is 0 Å². The highest BCUT2D eigenvalue weighted by Crippen LogP contribution is 2.28. The van der Waals surface area contributed by atoms with Crippen LogP contribution in [0.3, 0.4) is 0 Å². The van der Waals surface area contributed by atoms with Crippen molar-refractivity contribution in [2.75, 3.05) is 0 Å². The van der Waals surface area contributed by atoms with E-state index < -0.39 is 5.97 Å². The van der Waals surface area contributed by atoms with Crippen molar-refractivity contribution in [1.29, 1.82) is 0 Å². The van der Waals surface area contributed by atoms with Crippen molar-refractivity contribution in [3.63, 3.8) is 0 Å². The van der Waals surface area contributed by atoms with E-state index in [1.54, 1.807) is 24.4 Å². The Bertz CT molecular complexity index is 1220. The average Bonchev–Trinajstić information content (AvgIpc) is 3.23. The minimum Gasteiger partial charge on any atom is -0.475 e. The van der Waals surface area contributed by atoms with Crippen LogP contribution in [0.15, 0.2) is 45.7 Å². The number of aromatic carboxylic acids is 1. The first-order valence-electron chi connectivity index (χ1n) is 8.19. The summed E-state index contributed by atoms with van der Waals surface area (Å²) in [5, 5.41) is 9.62. The number of pyridine rings is 1. The van der Waals surface area contributed by atoms with Gasteiger partial charge in [-0.25, -0.2) is 9.78 Å². The van der Waals surface area contributed by atoms with Crippen LogP contribution in [0.5, 0.6) is 0 Å². The largest absolute Gasteiger partial charge is 0.475 e. The number of hydrogen-bond donors (Lipinski definition) is 1. The molecule has 0 saturated heterocycles. The van der Waals surface area contributed by atoms with E-state index in [0.29, 0.717) is 27.5 Å². The summed E-state index contributed by atoms with van der Waals surface area (Å²) in [4.78, 5) is 35.0. The lowest BCUT2D eigenvalue weighted by molar-refractivity contribution is 0.0660. The number of fused-ring (bicyclic) bond motifs is 1. The van der Waals surface area contributed by atoms with Gasteiger partial charge in [-0.2, -0.15) is 0 Å². The van der Waals surface area contributed by atoms with Crippen LogP contribution in [0, 0.1) is 13.8 Å². The van der Waals surface area contributed by atoms with Gasteiger partial charge in [-0.05, 0) is 43.7 Å². The minimum atomic E-state index is -1.16. The normalized spacial score (nSPS) is 11.2. The van der Waals surface area contributed by atoms with Crippen molar-refractivity contribution in [2.24, 2.45) is 0 Å². The van der Waals surface area contributed by atoms with Gasteiger partial charge in [0.1, 0.15) is 16.3 Å². The summed E-state index contributed by atoms with van der Waals surface area (Å²) in [6.45, 7) is 3.92. The van der Waals surface area contributed by atoms with Crippen molar-refractivity contribution in [2.45, 2.75) is 20.4 Å². The monoisotopic (exact) mass is 381 g/mol. The molecular weight excluding hydrogens is 366 g/mol. The van der Waals surface area contributed by atoms with E-state index >= 15 is 0 Å². The molecule has 0 spiro atoms. The summed E-state index contributed by atoms with van der Waals surface area (Å²) in [6.07, 6.45) is 1.64. The van der Waals surface area contributed by atoms with Crippen LogP contribution < -0.4 is 5.56 Å². The third kappa shape index (κ3) is 2.93. The number of furan rings is 1. The number of rotatable bonds is 4. The molecular formula is C19H15N3O4S. The lowest BCUT2D eigenvalue weighted by atomic mass is 10.2. The molecule has 4 rings (SSSR count). The molecule has 1 N–H and O–H groups in total. The topological polar surface area (TPSA) is 98.2 Å². The molecule has 4 heterocycles. The third-order valence-electron chi connectivity index (χ3n) is 4.37. The molecule has 0 fully saturated rings. The number of carboxylic acids is 1. The number of nitrogens with zero attached hydrogens (tertiary/aromatic N) is 3. The van der Waals surface area contributed by atoms with Gasteiger partial charge in [-0.3, -0.25) is 14.3 Å². The Morgan fingerprint density at radius 3 is 2.74 bits per heavy atom. The molecule has 0 aliphatic heterocycles. The number of thiophene rings is 1. The van der Waals surface area contributed by atoms with E-state index in [4.69, 9.17) is 9.52 Å². The highest BCUT2D eigenvalue weighted by atomic mass is 32.1. The van der Waals surface area contributed by atoms with Gasteiger partial charge >= 0.3 is 5.97 Å². The van der Waals surface area contributed by atoms with Gasteiger partial charge in [0.15, 0.2) is 5.82 Å². The summed E-state index contributed by atoms with van der Waals surface area (Å²) in [5.74, 6) is -0.550. The summed E-state index contributed by atoms with van der Waals surface area (Å²) in [5.41, 5.74) is 1.26. The lowest BCUT2D eigenvalue weighted by Gasteiger charge is -2.11. The van der Waals surface area contributed by atoms with Crippen molar-refractivity contribution in [1.82, 2.24) is 14.5 Å². The molecule has 0 amide bonds. The molecule has 0 aliphatic rings. The highest BCUT2D eigenvalue weighted by Gasteiger charge is 2.19. The molecule has 4 aromatic rings. The number of carboxylic acid groups (broad SMARTS) is 1. The van der Waals surface area contributed by atoms with Gasteiger partial charge in [0, 0.05) is 11.1 Å². The fraction of sp³-hybridized carbons (Fsp3) is 0.158. The van der Waals surface area contributed by atoms with Crippen LogP contribution in [0.1, 0.15) is 26.8 Å². The van der Waals surface area contributed by atoms with Crippen LogP contribution in [0.4, 0.5) is 0 Å². The second kappa shape index (κ2) is 6.48. The number of hydrogen-bond acceptors (Lipinski definition) is 6. The van der Waals surface area contributed by atoms with Gasteiger partial charge in [-0.1, -0.05) is 6.07 Å². The van der Waals surface area contributed by atoms with E-state index in [2.05, 4.69) is 9.97 Å².